The lowest BCUT2D eigenvalue weighted by Crippen LogP contribution is -2.36. The molecule has 4 rings (SSSR count). The van der Waals surface area contributed by atoms with Crippen molar-refractivity contribution >= 4 is 23.3 Å². The minimum Gasteiger partial charge on any atom is -0.343 e. The smallest absolute Gasteiger partial charge is 0.219 e. The number of nitrogens with zero attached hydrogens (tertiary/aromatic N) is 2. The number of hydrogen-bond acceptors (Lipinski definition) is 3. The Morgan fingerprint density at radius 2 is 1.74 bits per heavy atom. The average Bonchev–Trinajstić information content (AvgIpc) is 2.83. The number of amides is 1. The Balaban J connectivity index is 1.60. The van der Waals surface area contributed by atoms with Gasteiger partial charge in [-0.15, -0.1) is 0 Å². The van der Waals surface area contributed by atoms with Gasteiger partial charge >= 0.3 is 0 Å². The molecule has 1 aromatic heterocycles. The van der Waals surface area contributed by atoms with Gasteiger partial charge in [0.25, 0.3) is 0 Å². The Hall–Kier alpha value is -2.98. The van der Waals surface area contributed by atoms with Crippen molar-refractivity contribution in [3.63, 3.8) is 0 Å². The summed E-state index contributed by atoms with van der Waals surface area (Å²) >= 11 is 6.22. The summed E-state index contributed by atoms with van der Waals surface area (Å²) in [5, 5.41) is 0.698. The number of aromatic nitrogens is 1. The van der Waals surface area contributed by atoms with Crippen molar-refractivity contribution in [2.75, 3.05) is 13.1 Å². The van der Waals surface area contributed by atoms with Crippen LogP contribution in [0.4, 0.5) is 0 Å². The number of carbonyl (C=O) groups is 2. The molecule has 0 spiro atoms. The quantitative estimate of drug-likeness (QED) is 0.384. The van der Waals surface area contributed by atoms with E-state index in [1.54, 1.807) is 19.2 Å². The first kappa shape index (κ1) is 24.2. The van der Waals surface area contributed by atoms with Crippen LogP contribution in [-0.4, -0.2) is 34.7 Å². The molecule has 1 unspecified atom stereocenters. The highest BCUT2D eigenvalue weighted by Crippen LogP contribution is 2.35. The summed E-state index contributed by atoms with van der Waals surface area (Å²) in [5.41, 5.74) is 6.15. The van der Waals surface area contributed by atoms with Crippen LogP contribution in [0.25, 0.3) is 0 Å². The van der Waals surface area contributed by atoms with Gasteiger partial charge in [-0.05, 0) is 79.1 Å². The number of aryl methyl sites for hydroxylation is 2. The standard InChI is InChI=1S/C29H31ClN2O2/c1-19-16-26(30)8-9-27(19)28(18-29(34)25-10-13-31-20(2)17-25)24-6-4-22(5-7-24)23-11-14-32(15-12-23)21(3)33/h4-10,13,16-17,23,28H,11-12,14-15,18H2,1-3H3. The normalized spacial score (nSPS) is 15.2. The van der Waals surface area contributed by atoms with Crippen LogP contribution in [0.15, 0.2) is 60.8 Å². The first-order chi connectivity index (χ1) is 16.3. The molecule has 3 aromatic rings. The molecule has 0 aliphatic carbocycles. The van der Waals surface area contributed by atoms with Gasteiger partial charge in [0.05, 0.1) is 0 Å². The molecule has 1 aliphatic heterocycles. The highest BCUT2D eigenvalue weighted by atomic mass is 35.5. The van der Waals surface area contributed by atoms with Crippen LogP contribution in [0.3, 0.4) is 0 Å². The number of benzene rings is 2. The van der Waals surface area contributed by atoms with Crippen LogP contribution in [-0.2, 0) is 4.79 Å². The molecule has 0 radical (unpaired) electrons. The van der Waals surface area contributed by atoms with Gasteiger partial charge < -0.3 is 4.90 Å². The minimum atomic E-state index is -0.0631. The summed E-state index contributed by atoms with van der Waals surface area (Å²) in [4.78, 5) is 31.0. The molecule has 0 bridgehead atoms. The van der Waals surface area contributed by atoms with E-state index in [1.807, 2.05) is 43.0 Å². The zero-order valence-electron chi connectivity index (χ0n) is 20.1. The molecule has 1 amide bonds. The maximum atomic E-state index is 13.2. The molecule has 0 saturated carbocycles. The number of pyridine rings is 1. The molecule has 176 valence electrons. The molecule has 0 N–H and O–H groups in total. The van der Waals surface area contributed by atoms with Crippen LogP contribution >= 0.6 is 11.6 Å². The lowest BCUT2D eigenvalue weighted by molar-refractivity contribution is -0.129. The lowest BCUT2D eigenvalue weighted by atomic mass is 9.82. The summed E-state index contributed by atoms with van der Waals surface area (Å²) in [6.45, 7) is 7.22. The van der Waals surface area contributed by atoms with Gasteiger partial charge in [-0.25, -0.2) is 0 Å². The van der Waals surface area contributed by atoms with Gasteiger partial charge in [-0.2, -0.15) is 0 Å². The molecule has 4 nitrogen and oxygen atoms in total. The molecule has 1 aliphatic rings. The number of Topliss-reactive ketones (excluding diaryl/α,β-unsaturated/α-hetero) is 1. The molecule has 5 heteroatoms. The van der Waals surface area contributed by atoms with Crippen molar-refractivity contribution in [3.05, 3.63) is 99.3 Å². The van der Waals surface area contributed by atoms with Crippen molar-refractivity contribution in [1.29, 1.82) is 0 Å². The summed E-state index contributed by atoms with van der Waals surface area (Å²) < 4.78 is 0. The highest BCUT2D eigenvalue weighted by molar-refractivity contribution is 6.30. The monoisotopic (exact) mass is 474 g/mol. The Morgan fingerprint density at radius 1 is 1.03 bits per heavy atom. The molecule has 1 saturated heterocycles. The lowest BCUT2D eigenvalue weighted by Gasteiger charge is -2.31. The molecule has 1 atom stereocenters. The van der Waals surface area contributed by atoms with E-state index in [-0.39, 0.29) is 17.6 Å². The van der Waals surface area contributed by atoms with E-state index in [0.717, 1.165) is 48.3 Å². The van der Waals surface area contributed by atoms with E-state index in [9.17, 15) is 9.59 Å². The van der Waals surface area contributed by atoms with Gasteiger partial charge in [0.2, 0.25) is 5.91 Å². The van der Waals surface area contributed by atoms with E-state index in [2.05, 4.69) is 29.2 Å². The van der Waals surface area contributed by atoms with Gasteiger partial charge in [0.15, 0.2) is 5.78 Å². The number of halogens is 1. The number of ketones is 1. The Kier molecular flexibility index (Phi) is 7.47. The van der Waals surface area contributed by atoms with Crippen molar-refractivity contribution < 1.29 is 9.59 Å². The van der Waals surface area contributed by atoms with Crippen LogP contribution in [0.2, 0.25) is 5.02 Å². The number of likely N-dealkylation sites (tertiary alicyclic amines) is 1. The second-order valence-electron chi connectivity index (χ2n) is 9.31. The molecule has 2 aromatic carbocycles. The van der Waals surface area contributed by atoms with Gasteiger partial charge in [-0.1, -0.05) is 41.9 Å². The zero-order chi connectivity index (χ0) is 24.2. The minimum absolute atomic E-state index is 0.0631. The fourth-order valence-corrected chi connectivity index (χ4v) is 5.21. The Morgan fingerprint density at radius 3 is 2.35 bits per heavy atom. The largest absolute Gasteiger partial charge is 0.343 e. The number of piperidine rings is 1. The van der Waals surface area contributed by atoms with Crippen LogP contribution < -0.4 is 0 Å². The van der Waals surface area contributed by atoms with E-state index in [0.29, 0.717) is 22.9 Å². The summed E-state index contributed by atoms with van der Waals surface area (Å²) in [6, 6.07) is 18.3. The van der Waals surface area contributed by atoms with Crippen molar-refractivity contribution in [1.82, 2.24) is 9.88 Å². The maximum Gasteiger partial charge on any atom is 0.219 e. The summed E-state index contributed by atoms with van der Waals surface area (Å²) in [5.74, 6) is 0.656. The first-order valence-electron chi connectivity index (χ1n) is 11.9. The predicted molar refractivity (Wildman–Crippen MR) is 137 cm³/mol. The molecular formula is C29H31ClN2O2. The van der Waals surface area contributed by atoms with Crippen molar-refractivity contribution in [3.8, 4) is 0 Å². The average molecular weight is 475 g/mol. The van der Waals surface area contributed by atoms with Crippen molar-refractivity contribution in [2.24, 2.45) is 0 Å². The molecule has 34 heavy (non-hydrogen) atoms. The second-order valence-corrected chi connectivity index (χ2v) is 9.75. The Labute approximate surface area is 207 Å². The third-order valence-corrected chi connectivity index (χ3v) is 7.20. The third-order valence-electron chi connectivity index (χ3n) is 6.97. The van der Waals surface area contributed by atoms with E-state index in [4.69, 9.17) is 11.6 Å². The number of hydrogen-bond donors (Lipinski definition) is 0. The maximum absolute atomic E-state index is 13.2. The van der Waals surface area contributed by atoms with E-state index in [1.165, 1.54) is 5.56 Å². The Bertz CT molecular complexity index is 1180. The van der Waals surface area contributed by atoms with Gasteiger partial charge in [0, 0.05) is 54.8 Å². The van der Waals surface area contributed by atoms with Crippen LogP contribution in [0.1, 0.15) is 76.3 Å². The van der Waals surface area contributed by atoms with E-state index >= 15 is 0 Å². The van der Waals surface area contributed by atoms with Crippen LogP contribution in [0, 0.1) is 13.8 Å². The third kappa shape index (κ3) is 5.56. The fourth-order valence-electron chi connectivity index (χ4n) is 4.99. The zero-order valence-corrected chi connectivity index (χ0v) is 20.8. The summed E-state index contributed by atoms with van der Waals surface area (Å²) in [6.07, 6.45) is 4.04. The predicted octanol–water partition coefficient (Wildman–Crippen LogP) is 6.48. The van der Waals surface area contributed by atoms with Gasteiger partial charge in [-0.3, -0.25) is 14.6 Å². The van der Waals surface area contributed by atoms with Crippen LogP contribution in [0.5, 0.6) is 0 Å². The molecular weight excluding hydrogens is 444 g/mol. The second kappa shape index (κ2) is 10.5. The summed E-state index contributed by atoms with van der Waals surface area (Å²) in [7, 11) is 0. The SMILES string of the molecule is CC(=O)N1CCC(c2ccc(C(CC(=O)c3ccnc(C)c3)c3ccc(Cl)cc3C)cc2)CC1. The van der Waals surface area contributed by atoms with Crippen molar-refractivity contribution in [2.45, 2.75) is 51.9 Å². The molecule has 1 fully saturated rings. The highest BCUT2D eigenvalue weighted by Gasteiger charge is 2.24. The topological polar surface area (TPSA) is 50.3 Å². The number of carbonyl (C=O) groups excluding carboxylic acids is 2. The van der Waals surface area contributed by atoms with E-state index < -0.39 is 0 Å². The van der Waals surface area contributed by atoms with Gasteiger partial charge in [0.1, 0.15) is 0 Å². The number of rotatable bonds is 6. The molecule has 2 heterocycles. The first-order valence-corrected chi connectivity index (χ1v) is 12.3. The fraction of sp³-hybridized carbons (Fsp3) is 0.345.